The number of carbonyl (C=O) groups excluding carboxylic acids is 1. The van der Waals surface area contributed by atoms with Gasteiger partial charge in [0, 0.05) is 13.1 Å². The number of rotatable bonds is 1. The third kappa shape index (κ3) is 1.33. The maximum atomic E-state index is 11.8. The fraction of sp³-hybridized carbons (Fsp3) is 0.900. The number of carbonyl (C=O) groups is 1. The highest BCUT2D eigenvalue weighted by molar-refractivity contribution is 5.78. The van der Waals surface area contributed by atoms with E-state index in [1.165, 1.54) is 7.11 Å². The summed E-state index contributed by atoms with van der Waals surface area (Å²) in [7, 11) is 3.56. The molecule has 4 heteroatoms. The number of likely N-dealkylation sites (tertiary alicyclic amines) is 1. The Labute approximate surface area is 84.6 Å². The molecule has 1 N–H and O–H groups in total. The molecule has 0 amide bonds. The van der Waals surface area contributed by atoms with Crippen LogP contribution in [0.15, 0.2) is 0 Å². The minimum atomic E-state index is -0.276. The lowest BCUT2D eigenvalue weighted by atomic mass is 9.73. The molecule has 2 fully saturated rings. The topological polar surface area (TPSA) is 41.6 Å². The lowest BCUT2D eigenvalue weighted by molar-refractivity contribution is -0.157. The average Bonchev–Trinajstić information content (AvgIpc) is 2.60. The number of esters is 1. The van der Waals surface area contributed by atoms with Crippen molar-refractivity contribution < 1.29 is 9.53 Å². The summed E-state index contributed by atoms with van der Waals surface area (Å²) < 4.78 is 4.94. The highest BCUT2D eigenvalue weighted by atomic mass is 16.5. The van der Waals surface area contributed by atoms with Crippen LogP contribution in [0.1, 0.15) is 6.42 Å². The van der Waals surface area contributed by atoms with Gasteiger partial charge in [-0.25, -0.2) is 0 Å². The van der Waals surface area contributed by atoms with E-state index < -0.39 is 0 Å². The molecule has 80 valence electrons. The molecule has 2 heterocycles. The normalized spacial score (nSPS) is 38.0. The predicted octanol–water partition coefficient (Wildman–Crippen LogP) is -0.299. The fourth-order valence-electron chi connectivity index (χ4n) is 2.82. The van der Waals surface area contributed by atoms with Gasteiger partial charge in [-0.15, -0.1) is 0 Å². The first kappa shape index (κ1) is 9.93. The number of piperidine rings is 1. The molecule has 0 aromatic rings. The predicted molar refractivity (Wildman–Crippen MR) is 52.9 cm³/mol. The molecule has 2 atom stereocenters. The van der Waals surface area contributed by atoms with Gasteiger partial charge < -0.3 is 15.0 Å². The Kier molecular flexibility index (Phi) is 2.49. The van der Waals surface area contributed by atoms with E-state index in [1.807, 2.05) is 0 Å². The molecule has 0 aromatic carbocycles. The molecule has 0 bridgehead atoms. The van der Waals surface area contributed by atoms with Crippen LogP contribution in [-0.2, 0) is 9.53 Å². The van der Waals surface area contributed by atoms with Crippen LogP contribution in [-0.4, -0.2) is 51.2 Å². The summed E-state index contributed by atoms with van der Waals surface area (Å²) in [5, 5.41) is 3.31. The number of fused-ring (bicyclic) bond motifs is 1. The number of ether oxygens (including phenoxy) is 1. The van der Waals surface area contributed by atoms with E-state index in [9.17, 15) is 4.79 Å². The van der Waals surface area contributed by atoms with Crippen molar-refractivity contribution in [1.82, 2.24) is 10.2 Å². The van der Waals surface area contributed by atoms with Crippen molar-refractivity contribution in [1.29, 1.82) is 0 Å². The summed E-state index contributed by atoms with van der Waals surface area (Å²) >= 11 is 0. The Morgan fingerprint density at radius 3 is 3.14 bits per heavy atom. The second-order valence-corrected chi connectivity index (χ2v) is 4.50. The van der Waals surface area contributed by atoms with E-state index in [0.29, 0.717) is 5.92 Å². The average molecular weight is 198 g/mol. The van der Waals surface area contributed by atoms with Crippen LogP contribution in [0.4, 0.5) is 0 Å². The SMILES string of the molecule is COC(=O)C12CNCC1CCN(C)C2. The quantitative estimate of drug-likeness (QED) is 0.587. The van der Waals surface area contributed by atoms with Gasteiger partial charge in [-0.1, -0.05) is 0 Å². The Balaban J connectivity index is 2.22. The van der Waals surface area contributed by atoms with Gasteiger partial charge in [0.25, 0.3) is 0 Å². The van der Waals surface area contributed by atoms with E-state index in [1.54, 1.807) is 0 Å². The van der Waals surface area contributed by atoms with E-state index >= 15 is 0 Å². The number of nitrogens with zero attached hydrogens (tertiary/aromatic N) is 1. The first-order valence-corrected chi connectivity index (χ1v) is 5.17. The van der Waals surface area contributed by atoms with Gasteiger partial charge in [0.1, 0.15) is 0 Å². The van der Waals surface area contributed by atoms with Crippen LogP contribution >= 0.6 is 0 Å². The molecule has 2 saturated heterocycles. The van der Waals surface area contributed by atoms with Gasteiger partial charge in [0.2, 0.25) is 0 Å². The Bertz CT molecular complexity index is 244. The zero-order valence-electron chi connectivity index (χ0n) is 8.88. The van der Waals surface area contributed by atoms with Gasteiger partial charge in [-0.2, -0.15) is 0 Å². The molecule has 0 aromatic heterocycles. The summed E-state index contributed by atoms with van der Waals surface area (Å²) in [6.45, 7) is 3.65. The van der Waals surface area contributed by atoms with E-state index in [-0.39, 0.29) is 11.4 Å². The third-order valence-electron chi connectivity index (χ3n) is 3.62. The second kappa shape index (κ2) is 3.51. The number of hydrogen-bond donors (Lipinski definition) is 1. The molecule has 0 aliphatic carbocycles. The maximum absolute atomic E-state index is 11.8. The summed E-state index contributed by atoms with van der Waals surface area (Å²) in [4.78, 5) is 14.0. The van der Waals surface area contributed by atoms with Crippen molar-refractivity contribution in [2.45, 2.75) is 6.42 Å². The molecule has 0 spiro atoms. The molecular weight excluding hydrogens is 180 g/mol. The highest BCUT2D eigenvalue weighted by Crippen LogP contribution is 2.38. The van der Waals surface area contributed by atoms with Crippen LogP contribution in [0.3, 0.4) is 0 Å². The maximum Gasteiger partial charge on any atom is 0.314 e. The minimum absolute atomic E-state index is 0.0425. The number of nitrogens with one attached hydrogen (secondary N) is 1. The molecule has 2 unspecified atom stereocenters. The molecule has 2 aliphatic rings. The van der Waals surface area contributed by atoms with Gasteiger partial charge in [-0.05, 0) is 32.5 Å². The van der Waals surface area contributed by atoms with Crippen molar-refractivity contribution in [2.24, 2.45) is 11.3 Å². The van der Waals surface area contributed by atoms with Crippen LogP contribution in [0.25, 0.3) is 0 Å². The Hall–Kier alpha value is -0.610. The van der Waals surface area contributed by atoms with Crippen LogP contribution in [0.2, 0.25) is 0 Å². The van der Waals surface area contributed by atoms with Crippen molar-refractivity contribution in [3.05, 3.63) is 0 Å². The zero-order valence-corrected chi connectivity index (χ0v) is 8.88. The first-order chi connectivity index (χ1) is 6.69. The van der Waals surface area contributed by atoms with Gasteiger partial charge in [0.15, 0.2) is 0 Å². The standard InChI is InChI=1S/C10H18N2O2/c1-12-4-3-8-5-11-6-10(8,7-12)9(13)14-2/h8,11H,3-7H2,1-2H3. The van der Waals surface area contributed by atoms with E-state index in [0.717, 1.165) is 32.6 Å². The van der Waals surface area contributed by atoms with Gasteiger partial charge in [-0.3, -0.25) is 4.79 Å². The fourth-order valence-corrected chi connectivity index (χ4v) is 2.82. The monoisotopic (exact) mass is 198 g/mol. The van der Waals surface area contributed by atoms with E-state index in [2.05, 4.69) is 17.3 Å². The van der Waals surface area contributed by atoms with Crippen molar-refractivity contribution in [3.8, 4) is 0 Å². The van der Waals surface area contributed by atoms with E-state index in [4.69, 9.17) is 4.74 Å². The summed E-state index contributed by atoms with van der Waals surface area (Å²) in [5.41, 5.74) is -0.276. The van der Waals surface area contributed by atoms with Crippen LogP contribution in [0.5, 0.6) is 0 Å². The zero-order chi connectivity index (χ0) is 10.2. The molecule has 2 aliphatic heterocycles. The first-order valence-electron chi connectivity index (χ1n) is 5.17. The number of hydrogen-bond acceptors (Lipinski definition) is 4. The lowest BCUT2D eigenvalue weighted by Crippen LogP contribution is -2.52. The second-order valence-electron chi connectivity index (χ2n) is 4.50. The van der Waals surface area contributed by atoms with Crippen molar-refractivity contribution in [2.75, 3.05) is 40.3 Å². The molecule has 14 heavy (non-hydrogen) atoms. The summed E-state index contributed by atoms with van der Waals surface area (Å²) in [5.74, 6) is 0.421. The Morgan fingerprint density at radius 2 is 2.43 bits per heavy atom. The van der Waals surface area contributed by atoms with Crippen molar-refractivity contribution >= 4 is 5.97 Å². The van der Waals surface area contributed by atoms with Gasteiger partial charge >= 0.3 is 5.97 Å². The van der Waals surface area contributed by atoms with Crippen molar-refractivity contribution in [3.63, 3.8) is 0 Å². The lowest BCUT2D eigenvalue weighted by Gasteiger charge is -2.40. The molecular formula is C10H18N2O2. The minimum Gasteiger partial charge on any atom is -0.469 e. The highest BCUT2D eigenvalue weighted by Gasteiger charge is 2.52. The Morgan fingerprint density at radius 1 is 1.64 bits per heavy atom. The number of methoxy groups -OCH3 is 1. The van der Waals surface area contributed by atoms with Crippen LogP contribution < -0.4 is 5.32 Å². The summed E-state index contributed by atoms with van der Waals surface area (Å²) in [6, 6.07) is 0. The van der Waals surface area contributed by atoms with Gasteiger partial charge in [0.05, 0.1) is 12.5 Å². The molecule has 4 nitrogen and oxygen atoms in total. The summed E-state index contributed by atoms with van der Waals surface area (Å²) in [6.07, 6.45) is 1.10. The molecule has 2 rings (SSSR count). The largest absolute Gasteiger partial charge is 0.469 e. The van der Waals surface area contributed by atoms with Crippen LogP contribution in [0, 0.1) is 11.3 Å². The molecule has 0 saturated carbocycles. The smallest absolute Gasteiger partial charge is 0.314 e. The molecule has 0 radical (unpaired) electrons. The third-order valence-corrected chi connectivity index (χ3v) is 3.62.